The van der Waals surface area contributed by atoms with E-state index in [1.165, 1.54) is 11.1 Å². The summed E-state index contributed by atoms with van der Waals surface area (Å²) in [5.74, 6) is 1.72. The minimum absolute atomic E-state index is 0.632. The molecule has 130 valence electrons. The number of ketones is 1. The van der Waals surface area contributed by atoms with Gasteiger partial charge in [-0.05, 0) is 45.1 Å². The van der Waals surface area contributed by atoms with Crippen LogP contribution in [0.4, 0.5) is 0 Å². The van der Waals surface area contributed by atoms with Gasteiger partial charge in [0.05, 0.1) is 12.2 Å². The van der Waals surface area contributed by atoms with Crippen LogP contribution in [0.3, 0.4) is 0 Å². The summed E-state index contributed by atoms with van der Waals surface area (Å²) < 4.78 is 11.6. The van der Waals surface area contributed by atoms with Crippen molar-refractivity contribution in [3.63, 3.8) is 0 Å². The number of hydrogen-bond acceptors (Lipinski definition) is 1. The molecule has 0 aromatic heterocycles. The Morgan fingerprint density at radius 3 is 1.96 bits per heavy atom. The van der Waals surface area contributed by atoms with Crippen molar-refractivity contribution in [2.45, 2.75) is 27.7 Å². The largest absolute Gasteiger partial charge is 0.493 e. The smallest absolute Gasteiger partial charge is 0.350 e. The second kappa shape index (κ2) is 9.63. The second-order valence-corrected chi connectivity index (χ2v) is 5.85. The topological polar surface area (TPSA) is 20.5 Å². The van der Waals surface area contributed by atoms with Gasteiger partial charge in [0.1, 0.15) is 5.76 Å². The van der Waals surface area contributed by atoms with Gasteiger partial charge < -0.3 is 4.74 Å². The molecule has 0 aliphatic rings. The molecule has 0 unspecified atom stereocenters. The number of hydrogen-bond donors (Lipinski definition) is 0. The Hall–Kier alpha value is -2.61. The molecule has 0 saturated heterocycles. The highest BCUT2D eigenvalue weighted by Crippen LogP contribution is 2.17. The van der Waals surface area contributed by atoms with Crippen molar-refractivity contribution in [1.29, 1.82) is 0 Å². The molecule has 0 saturated carbocycles. The summed E-state index contributed by atoms with van der Waals surface area (Å²) in [4.78, 5) is 0. The molecule has 0 heterocycles. The van der Waals surface area contributed by atoms with Crippen LogP contribution in [0, 0.1) is 13.8 Å². The maximum Gasteiger partial charge on any atom is 0.350 e. The normalized spacial score (nSPS) is 12.6. The Kier molecular flexibility index (Phi) is 7.21. The maximum absolute atomic E-state index is 5.79. The van der Waals surface area contributed by atoms with Crippen LogP contribution in [0.15, 0.2) is 66.8 Å². The number of allylic oxidation sites excluding steroid dienone is 3. The Labute approximate surface area is 151 Å². The van der Waals surface area contributed by atoms with Crippen molar-refractivity contribution in [1.82, 2.24) is 0 Å². The quantitative estimate of drug-likeness (QED) is 0.210. The van der Waals surface area contributed by atoms with Gasteiger partial charge in [-0.15, -0.1) is 0 Å². The zero-order chi connectivity index (χ0) is 18.1. The van der Waals surface area contributed by atoms with E-state index in [1.807, 2.05) is 32.1 Å². The van der Waals surface area contributed by atoms with E-state index >= 15 is 0 Å². The van der Waals surface area contributed by atoms with Crippen LogP contribution in [0.5, 0.6) is 0 Å². The van der Waals surface area contributed by atoms with Gasteiger partial charge in [-0.25, -0.2) is 0 Å². The van der Waals surface area contributed by atoms with E-state index in [-0.39, 0.29) is 0 Å². The van der Waals surface area contributed by atoms with Gasteiger partial charge in [0, 0.05) is 18.6 Å². The Balaban J connectivity index is 2.25. The molecule has 0 spiro atoms. The van der Waals surface area contributed by atoms with E-state index in [1.54, 1.807) is 0 Å². The predicted molar refractivity (Wildman–Crippen MR) is 106 cm³/mol. The molecule has 0 radical (unpaired) electrons. The molecule has 0 bridgehead atoms. The summed E-state index contributed by atoms with van der Waals surface area (Å²) in [5, 5.41) is 0. The number of rotatable bonds is 7. The van der Waals surface area contributed by atoms with E-state index in [0.29, 0.717) is 13.2 Å². The molecular formula is C23H27O2+. The second-order valence-electron chi connectivity index (χ2n) is 5.85. The molecule has 2 heteroatoms. The van der Waals surface area contributed by atoms with Gasteiger partial charge in [-0.2, -0.15) is 0 Å². The Bertz CT molecular complexity index is 748. The highest BCUT2D eigenvalue weighted by atomic mass is 16.5. The molecule has 2 nitrogen and oxygen atoms in total. The van der Waals surface area contributed by atoms with Crippen LogP contribution in [-0.2, 0) is 4.74 Å². The van der Waals surface area contributed by atoms with Crippen molar-refractivity contribution >= 4 is 11.5 Å². The van der Waals surface area contributed by atoms with Crippen molar-refractivity contribution in [2.24, 2.45) is 0 Å². The fraction of sp³-hybridized carbons (Fsp3) is 0.261. The van der Waals surface area contributed by atoms with Gasteiger partial charge >= 0.3 is 5.78 Å². The van der Waals surface area contributed by atoms with E-state index in [4.69, 9.17) is 9.16 Å². The minimum atomic E-state index is 0.632. The fourth-order valence-corrected chi connectivity index (χ4v) is 2.42. The molecule has 0 aliphatic heterocycles. The first-order valence-electron chi connectivity index (χ1n) is 8.79. The van der Waals surface area contributed by atoms with Gasteiger partial charge in [-0.3, -0.25) is 4.42 Å². The number of carbonyl (C=O) groups excluding carboxylic acids is 1. The summed E-state index contributed by atoms with van der Waals surface area (Å²) in [7, 11) is 0. The third-order valence-corrected chi connectivity index (χ3v) is 3.77. The summed E-state index contributed by atoms with van der Waals surface area (Å²) in [6.07, 6.45) is 5.96. The highest BCUT2D eigenvalue weighted by molar-refractivity contribution is 6.05. The molecule has 2 rings (SSSR count). The lowest BCUT2D eigenvalue weighted by Crippen LogP contribution is -1.98. The first-order valence-corrected chi connectivity index (χ1v) is 8.79. The van der Waals surface area contributed by atoms with E-state index in [9.17, 15) is 0 Å². The average molecular weight is 335 g/mol. The monoisotopic (exact) mass is 335 g/mol. The van der Waals surface area contributed by atoms with Crippen molar-refractivity contribution in [3.8, 4) is 0 Å². The molecule has 0 amide bonds. The van der Waals surface area contributed by atoms with Gasteiger partial charge in [-0.1, -0.05) is 47.5 Å². The van der Waals surface area contributed by atoms with E-state index in [2.05, 4.69) is 62.4 Å². The van der Waals surface area contributed by atoms with Crippen LogP contribution >= 0.6 is 0 Å². The molecule has 2 aromatic rings. The lowest BCUT2D eigenvalue weighted by molar-refractivity contribution is -0.261. The van der Waals surface area contributed by atoms with Gasteiger partial charge in [0.25, 0.3) is 6.61 Å². The van der Waals surface area contributed by atoms with Crippen LogP contribution in [0.1, 0.15) is 40.5 Å². The van der Waals surface area contributed by atoms with Crippen LogP contribution in [0.25, 0.3) is 5.76 Å². The van der Waals surface area contributed by atoms with Crippen LogP contribution in [-0.4, -0.2) is 19.0 Å². The third-order valence-electron chi connectivity index (χ3n) is 3.77. The molecule has 2 aromatic carbocycles. The van der Waals surface area contributed by atoms with E-state index in [0.717, 1.165) is 22.7 Å². The summed E-state index contributed by atoms with van der Waals surface area (Å²) in [6, 6.07) is 16.7. The van der Waals surface area contributed by atoms with E-state index < -0.39 is 0 Å². The zero-order valence-electron chi connectivity index (χ0n) is 15.6. The summed E-state index contributed by atoms with van der Waals surface area (Å²) in [6.45, 7) is 9.42. The molecule has 25 heavy (non-hydrogen) atoms. The van der Waals surface area contributed by atoms with Crippen LogP contribution in [0.2, 0.25) is 0 Å². The molecule has 0 aliphatic carbocycles. The lowest BCUT2D eigenvalue weighted by Gasteiger charge is -2.08. The maximum atomic E-state index is 5.79. The van der Waals surface area contributed by atoms with Crippen molar-refractivity contribution in [3.05, 3.63) is 89.0 Å². The standard InChI is InChI=1S/C23H27O2/c1-5-24-22(20-14-10-18(3)11-15-20)8-7-9-23(25-6-2)21-16-12-19(4)13-17-21/h7-17H,5-6H2,1-4H3/q+1/b8-7+,23-9-. The first-order chi connectivity index (χ1) is 12.1. The SMILES string of the molecule is CCO/C(=C\C=C\C(=[O+]CC)c1ccc(C)cc1)c1ccc(C)cc1. The number of benzene rings is 2. The lowest BCUT2D eigenvalue weighted by atomic mass is 10.1. The van der Waals surface area contributed by atoms with Crippen molar-refractivity contribution in [2.75, 3.05) is 13.2 Å². The summed E-state index contributed by atoms with van der Waals surface area (Å²) in [5.41, 5.74) is 4.62. The van der Waals surface area contributed by atoms with Crippen LogP contribution < -0.4 is 0 Å². The van der Waals surface area contributed by atoms with Crippen molar-refractivity contribution < 1.29 is 9.16 Å². The average Bonchev–Trinajstić information content (AvgIpc) is 2.62. The fourth-order valence-electron chi connectivity index (χ4n) is 2.42. The minimum Gasteiger partial charge on any atom is -0.493 e. The predicted octanol–water partition coefficient (Wildman–Crippen LogP) is 5.68. The number of ether oxygens (including phenoxy) is 1. The van der Waals surface area contributed by atoms with Gasteiger partial charge in [0.15, 0.2) is 0 Å². The van der Waals surface area contributed by atoms with Gasteiger partial charge in [0.2, 0.25) is 0 Å². The highest BCUT2D eigenvalue weighted by Gasteiger charge is 2.10. The molecule has 0 atom stereocenters. The molecule has 0 fully saturated rings. The third kappa shape index (κ3) is 5.75. The molecular weight excluding hydrogens is 308 g/mol. The zero-order valence-corrected chi connectivity index (χ0v) is 15.6. The Morgan fingerprint density at radius 1 is 0.880 bits per heavy atom. The number of aryl methyl sites for hydroxylation is 2. The summed E-state index contributed by atoms with van der Waals surface area (Å²) >= 11 is 0. The first kappa shape index (κ1) is 18.7. The Morgan fingerprint density at radius 2 is 1.44 bits per heavy atom. The molecule has 0 N–H and O–H groups in total.